The Kier molecular flexibility index (Phi) is 5.83. The number of likely N-dealkylation sites (tertiary alicyclic amines) is 2. The van der Waals surface area contributed by atoms with Gasteiger partial charge in [-0.1, -0.05) is 61.5 Å². The maximum Gasteiger partial charge on any atom is 0.266 e. The van der Waals surface area contributed by atoms with Gasteiger partial charge >= 0.3 is 0 Å². The first-order chi connectivity index (χ1) is 16.7. The molecule has 0 saturated carbocycles. The van der Waals surface area contributed by atoms with Crippen molar-refractivity contribution in [2.75, 3.05) is 13.6 Å². The molecule has 1 amide bonds. The lowest BCUT2D eigenvalue weighted by Gasteiger charge is -2.40. The second-order valence-electron chi connectivity index (χ2n) is 10.3. The summed E-state index contributed by atoms with van der Waals surface area (Å²) < 4.78 is 11.9. The molecular formula is C28H34N4O3. The Balaban J connectivity index is 1.41. The lowest BCUT2D eigenvalue weighted by Crippen LogP contribution is -2.48. The van der Waals surface area contributed by atoms with Gasteiger partial charge in [-0.25, -0.2) is 0 Å². The summed E-state index contributed by atoms with van der Waals surface area (Å²) in [7, 11) is 2.12. The molecule has 3 heterocycles. The standard InChI is InChI=1S/C28H34N4O3/c1-5-21-23-22(24(31(4)28(23,2)3)17-11-13-18(14-12-17)25(29)30)26(33)32(21)15-20-16-34-27(35-20)19-9-7-6-8-10-19/h6-14,16,21-24,27H,5,15H2,1-4H3,(H3,29,30)/t21-,22-,23+,24+,27-/m1/s1. The molecule has 2 aromatic carbocycles. The van der Waals surface area contributed by atoms with Crippen LogP contribution in [0.4, 0.5) is 0 Å². The predicted molar refractivity (Wildman–Crippen MR) is 134 cm³/mol. The zero-order valence-electron chi connectivity index (χ0n) is 20.8. The van der Waals surface area contributed by atoms with Crippen molar-refractivity contribution in [3.8, 4) is 0 Å². The minimum atomic E-state index is -0.474. The van der Waals surface area contributed by atoms with E-state index in [1.54, 1.807) is 6.26 Å². The molecule has 5 atom stereocenters. The zero-order valence-corrected chi connectivity index (χ0v) is 20.8. The summed E-state index contributed by atoms with van der Waals surface area (Å²) in [5.74, 6) is 0.905. The molecule has 2 aromatic rings. The van der Waals surface area contributed by atoms with Crippen LogP contribution in [0.15, 0.2) is 66.6 Å². The van der Waals surface area contributed by atoms with Crippen LogP contribution in [0, 0.1) is 17.2 Å². The lowest BCUT2D eigenvalue weighted by atomic mass is 9.77. The van der Waals surface area contributed by atoms with Crippen molar-refractivity contribution in [1.29, 1.82) is 5.41 Å². The fourth-order valence-corrected chi connectivity index (χ4v) is 6.31. The normalized spacial score (nSPS) is 29.5. The number of ether oxygens (including phenoxy) is 2. The van der Waals surface area contributed by atoms with Gasteiger partial charge in [-0.3, -0.25) is 15.1 Å². The van der Waals surface area contributed by atoms with Gasteiger partial charge in [0.2, 0.25) is 5.91 Å². The number of fused-ring (bicyclic) bond motifs is 1. The first-order valence-electron chi connectivity index (χ1n) is 12.3. The van der Waals surface area contributed by atoms with Crippen LogP contribution in [0.3, 0.4) is 0 Å². The second kappa shape index (κ2) is 8.72. The number of nitrogen functional groups attached to an aromatic ring is 1. The lowest BCUT2D eigenvalue weighted by molar-refractivity contribution is -0.133. The highest BCUT2D eigenvalue weighted by Crippen LogP contribution is 2.56. The summed E-state index contributed by atoms with van der Waals surface area (Å²) in [5, 5.41) is 7.70. The number of nitrogens with one attached hydrogen (secondary N) is 1. The first-order valence-corrected chi connectivity index (χ1v) is 12.3. The maximum atomic E-state index is 14.0. The Labute approximate surface area is 207 Å². The fraction of sp³-hybridized carbons (Fsp3) is 0.429. The summed E-state index contributed by atoms with van der Waals surface area (Å²) in [5.41, 5.74) is 8.20. The number of hydrogen-bond donors (Lipinski definition) is 2. The van der Waals surface area contributed by atoms with Gasteiger partial charge in [-0.2, -0.15) is 0 Å². The minimum absolute atomic E-state index is 0.0459. The molecule has 0 aliphatic carbocycles. The maximum absolute atomic E-state index is 14.0. The average Bonchev–Trinajstić information content (AvgIpc) is 3.49. The molecule has 3 N–H and O–H groups in total. The van der Waals surface area contributed by atoms with Crippen LogP contribution in [-0.2, 0) is 14.3 Å². The van der Waals surface area contributed by atoms with E-state index in [9.17, 15) is 4.79 Å². The molecule has 0 radical (unpaired) electrons. The van der Waals surface area contributed by atoms with Gasteiger partial charge in [0.05, 0.1) is 12.5 Å². The number of carbonyl (C=O) groups excluding carboxylic acids is 1. The van der Waals surface area contributed by atoms with Gasteiger partial charge < -0.3 is 20.1 Å². The molecule has 0 spiro atoms. The number of benzene rings is 2. The molecule has 7 heteroatoms. The first kappa shape index (κ1) is 23.4. The van der Waals surface area contributed by atoms with Crippen LogP contribution in [0.2, 0.25) is 0 Å². The van der Waals surface area contributed by atoms with Gasteiger partial charge in [0.25, 0.3) is 6.29 Å². The monoisotopic (exact) mass is 474 g/mol. The van der Waals surface area contributed by atoms with E-state index in [0.29, 0.717) is 17.9 Å². The van der Waals surface area contributed by atoms with Crippen LogP contribution >= 0.6 is 0 Å². The third-order valence-corrected chi connectivity index (χ3v) is 8.21. The third-order valence-electron chi connectivity index (χ3n) is 8.21. The summed E-state index contributed by atoms with van der Waals surface area (Å²) in [6.45, 7) is 7.05. The van der Waals surface area contributed by atoms with Gasteiger partial charge in [0.1, 0.15) is 12.1 Å². The molecule has 35 heavy (non-hydrogen) atoms. The SMILES string of the molecule is CC[C@@H]1[C@H]2[C@@H](C(=O)N1CC1=CO[C@@H](c3ccccc3)O1)[C@H](c1ccc(C(=N)N)cc1)N(C)C2(C)C. The minimum Gasteiger partial charge on any atom is -0.455 e. The Morgan fingerprint density at radius 2 is 1.77 bits per heavy atom. The van der Waals surface area contributed by atoms with Crippen molar-refractivity contribution >= 4 is 11.7 Å². The Hall–Kier alpha value is -3.32. The van der Waals surface area contributed by atoms with Crippen molar-refractivity contribution in [2.45, 2.75) is 51.1 Å². The van der Waals surface area contributed by atoms with E-state index in [1.807, 2.05) is 59.5 Å². The molecule has 0 aromatic heterocycles. The second-order valence-corrected chi connectivity index (χ2v) is 10.3. The van der Waals surface area contributed by atoms with E-state index in [-0.39, 0.29) is 41.2 Å². The number of nitrogens with zero attached hydrogens (tertiary/aromatic N) is 2. The fourth-order valence-electron chi connectivity index (χ4n) is 6.31. The molecule has 2 saturated heterocycles. The van der Waals surface area contributed by atoms with Crippen LogP contribution in [0.25, 0.3) is 0 Å². The van der Waals surface area contributed by atoms with E-state index < -0.39 is 6.29 Å². The van der Waals surface area contributed by atoms with Gasteiger partial charge in [-0.15, -0.1) is 0 Å². The van der Waals surface area contributed by atoms with Crippen LogP contribution in [0.5, 0.6) is 0 Å². The number of hydrogen-bond acceptors (Lipinski definition) is 5. The number of carbonyl (C=O) groups is 1. The van der Waals surface area contributed by atoms with Crippen molar-refractivity contribution in [3.63, 3.8) is 0 Å². The van der Waals surface area contributed by atoms with E-state index in [4.69, 9.17) is 20.6 Å². The van der Waals surface area contributed by atoms with Crippen molar-refractivity contribution in [1.82, 2.24) is 9.80 Å². The highest BCUT2D eigenvalue weighted by Gasteiger charge is 2.63. The average molecular weight is 475 g/mol. The van der Waals surface area contributed by atoms with Crippen LogP contribution in [0.1, 0.15) is 56.2 Å². The quantitative estimate of drug-likeness (QED) is 0.484. The molecule has 7 nitrogen and oxygen atoms in total. The van der Waals surface area contributed by atoms with E-state index in [2.05, 4.69) is 32.7 Å². The van der Waals surface area contributed by atoms with Crippen molar-refractivity contribution in [3.05, 3.63) is 83.3 Å². The van der Waals surface area contributed by atoms with E-state index in [0.717, 1.165) is 17.5 Å². The Morgan fingerprint density at radius 3 is 2.40 bits per heavy atom. The van der Waals surface area contributed by atoms with Gasteiger partial charge in [0.15, 0.2) is 5.76 Å². The summed E-state index contributed by atoms with van der Waals surface area (Å²) in [6, 6.07) is 17.6. The molecule has 3 aliphatic heterocycles. The highest BCUT2D eigenvalue weighted by molar-refractivity contribution is 5.95. The summed E-state index contributed by atoms with van der Waals surface area (Å²) in [4.78, 5) is 18.4. The molecule has 0 unspecified atom stereocenters. The number of rotatable bonds is 6. The van der Waals surface area contributed by atoms with E-state index >= 15 is 0 Å². The van der Waals surface area contributed by atoms with Gasteiger partial charge in [0, 0.05) is 34.7 Å². The Morgan fingerprint density at radius 1 is 1.09 bits per heavy atom. The topological polar surface area (TPSA) is 91.9 Å². The van der Waals surface area contributed by atoms with Gasteiger partial charge in [-0.05, 0) is 32.9 Å². The predicted octanol–water partition coefficient (Wildman–Crippen LogP) is 4.18. The van der Waals surface area contributed by atoms with Crippen LogP contribution < -0.4 is 5.73 Å². The molecule has 0 bridgehead atoms. The summed E-state index contributed by atoms with van der Waals surface area (Å²) >= 11 is 0. The largest absolute Gasteiger partial charge is 0.455 e. The number of nitrogens with two attached hydrogens (primary N) is 1. The molecule has 5 rings (SSSR count). The summed E-state index contributed by atoms with van der Waals surface area (Å²) in [6.07, 6.45) is 2.05. The highest BCUT2D eigenvalue weighted by atomic mass is 16.7. The molecule has 3 aliphatic rings. The molecular weight excluding hydrogens is 440 g/mol. The van der Waals surface area contributed by atoms with Crippen molar-refractivity contribution < 1.29 is 14.3 Å². The van der Waals surface area contributed by atoms with E-state index in [1.165, 1.54) is 0 Å². The smallest absolute Gasteiger partial charge is 0.266 e. The Bertz CT molecular complexity index is 1140. The number of amidine groups is 1. The van der Waals surface area contributed by atoms with Crippen molar-refractivity contribution in [2.24, 2.45) is 17.6 Å². The third kappa shape index (κ3) is 3.78. The molecule has 2 fully saturated rings. The number of amides is 1. The zero-order chi connectivity index (χ0) is 24.9. The molecule has 184 valence electrons. The van der Waals surface area contributed by atoms with Crippen LogP contribution in [-0.4, -0.2) is 46.7 Å².